The molecule has 2 aromatic heterocycles. The normalized spacial score (nSPS) is 14.8. The minimum absolute atomic E-state index is 0.0278. The number of likely N-dealkylation sites (N-methyl/N-ethyl adjacent to an activating group) is 1. The number of halogens is 1. The molecular weight excluding hydrogens is 280 g/mol. The van der Waals surface area contributed by atoms with E-state index in [9.17, 15) is 0 Å². The first-order valence-corrected chi connectivity index (χ1v) is 7.35. The van der Waals surface area contributed by atoms with E-state index in [1.165, 1.54) is 4.88 Å². The summed E-state index contributed by atoms with van der Waals surface area (Å²) in [4.78, 5) is 7.76. The first kappa shape index (κ1) is 14.5. The standard InChI is InChI=1S/C13H19ClN4S/c1-9(15)13(10-4-5-11(14)19-10)18(3)8-12-16-6-7-17(12)2/h4-7,9,13H,8,15H2,1-3H3. The van der Waals surface area contributed by atoms with Crippen molar-refractivity contribution in [2.24, 2.45) is 12.8 Å². The molecule has 0 aliphatic rings. The van der Waals surface area contributed by atoms with Crippen LogP contribution in [0.2, 0.25) is 4.34 Å². The molecule has 0 saturated heterocycles. The molecule has 0 saturated carbocycles. The molecule has 2 atom stereocenters. The maximum absolute atomic E-state index is 6.14. The van der Waals surface area contributed by atoms with Crippen molar-refractivity contribution in [2.45, 2.75) is 25.6 Å². The molecule has 6 heteroatoms. The van der Waals surface area contributed by atoms with E-state index < -0.39 is 0 Å². The van der Waals surface area contributed by atoms with E-state index in [0.29, 0.717) is 0 Å². The second-order valence-corrected chi connectivity index (χ2v) is 6.56. The Balaban J connectivity index is 2.18. The molecule has 2 unspecified atom stereocenters. The Morgan fingerprint density at radius 2 is 2.26 bits per heavy atom. The highest BCUT2D eigenvalue weighted by Gasteiger charge is 2.23. The summed E-state index contributed by atoms with van der Waals surface area (Å²) in [7, 11) is 4.06. The van der Waals surface area contributed by atoms with E-state index >= 15 is 0 Å². The number of aromatic nitrogens is 2. The molecule has 19 heavy (non-hydrogen) atoms. The van der Waals surface area contributed by atoms with Crippen LogP contribution in [0.5, 0.6) is 0 Å². The number of hydrogen-bond acceptors (Lipinski definition) is 4. The molecule has 0 amide bonds. The summed E-state index contributed by atoms with van der Waals surface area (Å²) >= 11 is 7.61. The average molecular weight is 299 g/mol. The van der Waals surface area contributed by atoms with Gasteiger partial charge in [0.1, 0.15) is 5.82 Å². The zero-order valence-electron chi connectivity index (χ0n) is 11.4. The van der Waals surface area contributed by atoms with E-state index in [4.69, 9.17) is 17.3 Å². The lowest BCUT2D eigenvalue weighted by Crippen LogP contribution is -2.36. The topological polar surface area (TPSA) is 47.1 Å². The number of imidazole rings is 1. The molecule has 0 fully saturated rings. The monoisotopic (exact) mass is 298 g/mol. The van der Waals surface area contributed by atoms with Gasteiger partial charge in [0, 0.05) is 30.4 Å². The Bertz CT molecular complexity index is 534. The highest BCUT2D eigenvalue weighted by molar-refractivity contribution is 7.16. The SMILES string of the molecule is CC(N)C(c1ccc(Cl)s1)N(C)Cc1nccn1C. The van der Waals surface area contributed by atoms with E-state index in [0.717, 1.165) is 16.7 Å². The third-order valence-electron chi connectivity index (χ3n) is 3.17. The van der Waals surface area contributed by atoms with Gasteiger partial charge < -0.3 is 10.3 Å². The molecule has 2 heterocycles. The van der Waals surface area contributed by atoms with Gasteiger partial charge in [-0.15, -0.1) is 11.3 Å². The minimum Gasteiger partial charge on any atom is -0.337 e. The lowest BCUT2D eigenvalue weighted by Gasteiger charge is -2.30. The predicted molar refractivity (Wildman–Crippen MR) is 80.4 cm³/mol. The molecule has 0 aromatic carbocycles. The van der Waals surface area contributed by atoms with Gasteiger partial charge in [0.25, 0.3) is 0 Å². The highest BCUT2D eigenvalue weighted by atomic mass is 35.5. The van der Waals surface area contributed by atoms with Crippen molar-refractivity contribution in [3.63, 3.8) is 0 Å². The maximum Gasteiger partial charge on any atom is 0.122 e. The van der Waals surface area contributed by atoms with Crippen LogP contribution < -0.4 is 5.73 Å². The van der Waals surface area contributed by atoms with Crippen LogP contribution in [0.25, 0.3) is 0 Å². The molecule has 2 aromatic rings. The number of aryl methyl sites for hydroxylation is 1. The zero-order chi connectivity index (χ0) is 14.0. The Morgan fingerprint density at radius 3 is 2.74 bits per heavy atom. The van der Waals surface area contributed by atoms with Gasteiger partial charge in [-0.05, 0) is 26.1 Å². The van der Waals surface area contributed by atoms with Gasteiger partial charge in [-0.2, -0.15) is 0 Å². The Labute approximate surface area is 122 Å². The molecule has 0 radical (unpaired) electrons. The van der Waals surface area contributed by atoms with Gasteiger partial charge >= 0.3 is 0 Å². The van der Waals surface area contributed by atoms with Gasteiger partial charge in [-0.3, -0.25) is 4.90 Å². The predicted octanol–water partition coefficient (Wildman–Crippen LogP) is 2.66. The molecule has 2 N–H and O–H groups in total. The smallest absolute Gasteiger partial charge is 0.122 e. The fraction of sp³-hybridized carbons (Fsp3) is 0.462. The third kappa shape index (κ3) is 3.36. The van der Waals surface area contributed by atoms with Gasteiger partial charge in [0.15, 0.2) is 0 Å². The summed E-state index contributed by atoms with van der Waals surface area (Å²) in [5, 5.41) is 0. The lowest BCUT2D eigenvalue weighted by molar-refractivity contribution is 0.207. The second-order valence-electron chi connectivity index (χ2n) is 4.82. The molecule has 0 spiro atoms. The second kappa shape index (κ2) is 6.05. The van der Waals surface area contributed by atoms with Crippen LogP contribution in [-0.4, -0.2) is 27.5 Å². The van der Waals surface area contributed by atoms with Crippen LogP contribution in [0.1, 0.15) is 23.7 Å². The van der Waals surface area contributed by atoms with Crippen molar-refractivity contribution in [3.8, 4) is 0 Å². The van der Waals surface area contributed by atoms with Crippen LogP contribution in [-0.2, 0) is 13.6 Å². The molecule has 0 aliphatic carbocycles. The fourth-order valence-electron chi connectivity index (χ4n) is 2.24. The lowest BCUT2D eigenvalue weighted by atomic mass is 10.1. The van der Waals surface area contributed by atoms with Crippen molar-refractivity contribution in [1.82, 2.24) is 14.5 Å². The third-order valence-corrected chi connectivity index (χ3v) is 4.47. The van der Waals surface area contributed by atoms with Crippen molar-refractivity contribution in [2.75, 3.05) is 7.05 Å². The summed E-state index contributed by atoms with van der Waals surface area (Å²) in [5.74, 6) is 1.02. The number of nitrogens with two attached hydrogens (primary N) is 1. The van der Waals surface area contributed by atoms with Crippen LogP contribution in [0, 0.1) is 0 Å². The summed E-state index contributed by atoms with van der Waals surface area (Å²) < 4.78 is 2.82. The van der Waals surface area contributed by atoms with Crippen molar-refractivity contribution in [3.05, 3.63) is 39.6 Å². The van der Waals surface area contributed by atoms with E-state index in [-0.39, 0.29) is 12.1 Å². The van der Waals surface area contributed by atoms with Gasteiger partial charge in [0.05, 0.1) is 16.9 Å². The summed E-state index contributed by atoms with van der Waals surface area (Å²) in [5.41, 5.74) is 6.14. The molecule has 4 nitrogen and oxygen atoms in total. The fourth-order valence-corrected chi connectivity index (χ4v) is 3.58. The molecular formula is C13H19ClN4S. The average Bonchev–Trinajstić information content (AvgIpc) is 2.89. The van der Waals surface area contributed by atoms with Gasteiger partial charge in [0.2, 0.25) is 0 Å². The van der Waals surface area contributed by atoms with Crippen molar-refractivity contribution in [1.29, 1.82) is 0 Å². The first-order chi connectivity index (χ1) is 8.99. The quantitative estimate of drug-likeness (QED) is 0.923. The molecule has 0 aliphatic heterocycles. The van der Waals surface area contributed by atoms with E-state index in [2.05, 4.69) is 23.0 Å². The van der Waals surface area contributed by atoms with Crippen molar-refractivity contribution < 1.29 is 0 Å². The Morgan fingerprint density at radius 1 is 1.53 bits per heavy atom. The van der Waals surface area contributed by atoms with E-state index in [1.54, 1.807) is 11.3 Å². The van der Waals surface area contributed by atoms with Gasteiger partial charge in [-0.1, -0.05) is 11.6 Å². The number of hydrogen-bond donors (Lipinski definition) is 1. The number of rotatable bonds is 5. The minimum atomic E-state index is 0.0278. The summed E-state index contributed by atoms with van der Waals surface area (Å²) in [6, 6.07) is 4.15. The maximum atomic E-state index is 6.14. The van der Waals surface area contributed by atoms with Crippen molar-refractivity contribution >= 4 is 22.9 Å². The Hall–Kier alpha value is -0.880. The zero-order valence-corrected chi connectivity index (χ0v) is 12.9. The van der Waals surface area contributed by atoms with E-state index in [1.807, 2.05) is 37.0 Å². The highest BCUT2D eigenvalue weighted by Crippen LogP contribution is 2.32. The largest absolute Gasteiger partial charge is 0.337 e. The molecule has 104 valence electrons. The number of thiophene rings is 1. The van der Waals surface area contributed by atoms with Gasteiger partial charge in [-0.25, -0.2) is 4.98 Å². The first-order valence-electron chi connectivity index (χ1n) is 6.16. The van der Waals surface area contributed by atoms with Crippen LogP contribution in [0.3, 0.4) is 0 Å². The molecule has 0 bridgehead atoms. The van der Waals surface area contributed by atoms with Crippen LogP contribution in [0.4, 0.5) is 0 Å². The Kier molecular flexibility index (Phi) is 4.62. The number of nitrogens with zero attached hydrogens (tertiary/aromatic N) is 3. The van der Waals surface area contributed by atoms with Crippen LogP contribution in [0.15, 0.2) is 24.5 Å². The molecule has 2 rings (SSSR count). The summed E-state index contributed by atoms with van der Waals surface area (Å²) in [6.07, 6.45) is 3.76. The van der Waals surface area contributed by atoms with Crippen LogP contribution >= 0.6 is 22.9 Å². The summed E-state index contributed by atoms with van der Waals surface area (Å²) in [6.45, 7) is 2.78.